The van der Waals surface area contributed by atoms with Crippen LogP contribution in [0.2, 0.25) is 0 Å². The van der Waals surface area contributed by atoms with Crippen molar-refractivity contribution in [2.24, 2.45) is 0 Å². The molecular weight excluding hydrogens is 188 g/mol. The Hall–Kier alpha value is -1.31. The van der Waals surface area contributed by atoms with Crippen molar-refractivity contribution in [3.8, 4) is 5.75 Å². The number of hydrogen-bond donors (Lipinski definition) is 0. The van der Waals surface area contributed by atoms with Gasteiger partial charge in [-0.2, -0.15) is 0 Å². The van der Waals surface area contributed by atoms with Gasteiger partial charge >= 0.3 is 5.97 Å². The van der Waals surface area contributed by atoms with E-state index in [1.165, 1.54) is 5.56 Å². The van der Waals surface area contributed by atoms with Crippen LogP contribution in [0.15, 0.2) is 24.3 Å². The zero-order valence-electron chi connectivity index (χ0n) is 9.45. The van der Waals surface area contributed by atoms with E-state index in [-0.39, 0.29) is 5.97 Å². The fourth-order valence-electron chi connectivity index (χ4n) is 1.30. The zero-order valence-corrected chi connectivity index (χ0v) is 9.45. The molecular formula is C13H18O2. The summed E-state index contributed by atoms with van der Waals surface area (Å²) in [5.74, 6) is 0.509. The molecule has 0 aliphatic heterocycles. The number of unbranched alkanes of at least 4 members (excludes halogenated alkanes) is 1. The lowest BCUT2D eigenvalue weighted by atomic mass is 10.2. The summed E-state index contributed by atoms with van der Waals surface area (Å²) >= 11 is 0. The second-order valence-corrected chi connectivity index (χ2v) is 3.58. The number of benzene rings is 1. The molecule has 0 N–H and O–H groups in total. The Balaban J connectivity index is 2.46. The van der Waals surface area contributed by atoms with Crippen LogP contribution in [0, 0.1) is 0 Å². The molecule has 0 heterocycles. The van der Waals surface area contributed by atoms with Gasteiger partial charge in [-0.1, -0.05) is 32.4 Å². The smallest absolute Gasteiger partial charge is 0.311 e. The molecule has 0 aromatic heterocycles. The van der Waals surface area contributed by atoms with Crippen molar-refractivity contribution in [3.63, 3.8) is 0 Å². The molecule has 0 fully saturated rings. The standard InChI is InChI=1S/C13H18O2/c1-3-5-6-13(14)15-12-9-7-11(4-2)8-10-12/h7-10H,3-6H2,1-2H3. The number of ether oxygens (including phenoxy) is 1. The average molecular weight is 206 g/mol. The molecule has 2 nitrogen and oxygen atoms in total. The monoisotopic (exact) mass is 206 g/mol. The van der Waals surface area contributed by atoms with Gasteiger partial charge in [-0.15, -0.1) is 0 Å². The molecule has 82 valence electrons. The summed E-state index contributed by atoms with van der Waals surface area (Å²) in [7, 11) is 0. The predicted octanol–water partition coefficient (Wildman–Crippen LogP) is 3.34. The Morgan fingerprint density at radius 2 is 1.87 bits per heavy atom. The third kappa shape index (κ3) is 4.15. The highest BCUT2D eigenvalue weighted by molar-refractivity contribution is 5.72. The molecule has 0 saturated carbocycles. The van der Waals surface area contributed by atoms with Crippen molar-refractivity contribution in [2.45, 2.75) is 39.5 Å². The molecule has 0 amide bonds. The fourth-order valence-corrected chi connectivity index (χ4v) is 1.30. The molecule has 1 aromatic carbocycles. The van der Waals surface area contributed by atoms with Gasteiger partial charge in [0.05, 0.1) is 0 Å². The summed E-state index contributed by atoms with van der Waals surface area (Å²) < 4.78 is 5.18. The summed E-state index contributed by atoms with van der Waals surface area (Å²) in [6.07, 6.45) is 3.42. The highest BCUT2D eigenvalue weighted by Crippen LogP contribution is 2.13. The minimum absolute atomic E-state index is 0.138. The van der Waals surface area contributed by atoms with Crippen LogP contribution >= 0.6 is 0 Å². The molecule has 0 unspecified atom stereocenters. The van der Waals surface area contributed by atoms with E-state index >= 15 is 0 Å². The maximum absolute atomic E-state index is 11.3. The van der Waals surface area contributed by atoms with Crippen LogP contribution in [-0.2, 0) is 11.2 Å². The molecule has 2 heteroatoms. The van der Waals surface area contributed by atoms with Gasteiger partial charge in [0, 0.05) is 6.42 Å². The van der Waals surface area contributed by atoms with E-state index in [9.17, 15) is 4.79 Å². The molecule has 0 bridgehead atoms. The van der Waals surface area contributed by atoms with Gasteiger partial charge in [-0.25, -0.2) is 0 Å². The lowest BCUT2D eigenvalue weighted by Gasteiger charge is -2.04. The summed E-state index contributed by atoms with van der Waals surface area (Å²) in [6.45, 7) is 4.16. The second kappa shape index (κ2) is 6.23. The van der Waals surface area contributed by atoms with Crippen LogP contribution in [-0.4, -0.2) is 5.97 Å². The van der Waals surface area contributed by atoms with Crippen LogP contribution in [0.1, 0.15) is 38.7 Å². The molecule has 1 aromatic rings. The van der Waals surface area contributed by atoms with Gasteiger partial charge in [-0.3, -0.25) is 4.79 Å². The van der Waals surface area contributed by atoms with Gasteiger partial charge in [-0.05, 0) is 30.5 Å². The van der Waals surface area contributed by atoms with Crippen molar-refractivity contribution in [2.75, 3.05) is 0 Å². The molecule has 0 radical (unpaired) electrons. The van der Waals surface area contributed by atoms with E-state index < -0.39 is 0 Å². The molecule has 1 rings (SSSR count). The summed E-state index contributed by atoms with van der Waals surface area (Å²) in [4.78, 5) is 11.3. The third-order valence-electron chi connectivity index (χ3n) is 2.30. The number of hydrogen-bond acceptors (Lipinski definition) is 2. The van der Waals surface area contributed by atoms with Crippen LogP contribution in [0.3, 0.4) is 0 Å². The van der Waals surface area contributed by atoms with Gasteiger partial charge < -0.3 is 4.74 Å². The van der Waals surface area contributed by atoms with E-state index in [0.717, 1.165) is 19.3 Å². The number of aryl methyl sites for hydroxylation is 1. The van der Waals surface area contributed by atoms with E-state index in [1.54, 1.807) is 0 Å². The first-order valence-electron chi connectivity index (χ1n) is 5.56. The van der Waals surface area contributed by atoms with E-state index in [0.29, 0.717) is 12.2 Å². The van der Waals surface area contributed by atoms with E-state index in [1.807, 2.05) is 24.3 Å². The van der Waals surface area contributed by atoms with Crippen molar-refractivity contribution >= 4 is 5.97 Å². The molecule has 0 aliphatic rings. The van der Waals surface area contributed by atoms with Crippen molar-refractivity contribution in [3.05, 3.63) is 29.8 Å². The molecule has 15 heavy (non-hydrogen) atoms. The first-order valence-corrected chi connectivity index (χ1v) is 5.56. The van der Waals surface area contributed by atoms with E-state index in [2.05, 4.69) is 13.8 Å². The van der Waals surface area contributed by atoms with Gasteiger partial charge in [0.15, 0.2) is 0 Å². The maximum Gasteiger partial charge on any atom is 0.311 e. The Morgan fingerprint density at radius 1 is 1.20 bits per heavy atom. The minimum atomic E-state index is -0.138. The number of rotatable bonds is 5. The molecule has 0 atom stereocenters. The maximum atomic E-state index is 11.3. The summed E-state index contributed by atoms with van der Waals surface area (Å²) in [5, 5.41) is 0. The number of carbonyl (C=O) groups is 1. The van der Waals surface area contributed by atoms with Gasteiger partial charge in [0.1, 0.15) is 5.75 Å². The number of carbonyl (C=O) groups excluding carboxylic acids is 1. The van der Waals surface area contributed by atoms with Crippen LogP contribution in [0.25, 0.3) is 0 Å². The average Bonchev–Trinajstić information content (AvgIpc) is 2.27. The first kappa shape index (κ1) is 11.8. The van der Waals surface area contributed by atoms with E-state index in [4.69, 9.17) is 4.74 Å². The summed E-state index contributed by atoms with van der Waals surface area (Å²) in [6, 6.07) is 7.68. The van der Waals surface area contributed by atoms with Crippen molar-refractivity contribution in [1.29, 1.82) is 0 Å². The van der Waals surface area contributed by atoms with Gasteiger partial charge in [0.2, 0.25) is 0 Å². The predicted molar refractivity (Wildman–Crippen MR) is 61.0 cm³/mol. The van der Waals surface area contributed by atoms with Crippen LogP contribution in [0.5, 0.6) is 5.75 Å². The third-order valence-corrected chi connectivity index (χ3v) is 2.30. The quantitative estimate of drug-likeness (QED) is 0.545. The number of esters is 1. The Bertz CT molecular complexity index is 301. The lowest BCUT2D eigenvalue weighted by Crippen LogP contribution is -2.07. The highest BCUT2D eigenvalue weighted by Gasteiger charge is 2.03. The Kier molecular flexibility index (Phi) is 4.88. The van der Waals surface area contributed by atoms with Crippen LogP contribution in [0.4, 0.5) is 0 Å². The highest BCUT2D eigenvalue weighted by atomic mass is 16.5. The van der Waals surface area contributed by atoms with Crippen molar-refractivity contribution in [1.82, 2.24) is 0 Å². The topological polar surface area (TPSA) is 26.3 Å². The zero-order chi connectivity index (χ0) is 11.1. The van der Waals surface area contributed by atoms with Crippen molar-refractivity contribution < 1.29 is 9.53 Å². The Morgan fingerprint density at radius 3 is 2.40 bits per heavy atom. The normalized spacial score (nSPS) is 10.0. The second-order valence-electron chi connectivity index (χ2n) is 3.58. The SMILES string of the molecule is CCCCC(=O)Oc1ccc(CC)cc1. The Labute approximate surface area is 91.3 Å². The fraction of sp³-hybridized carbons (Fsp3) is 0.462. The van der Waals surface area contributed by atoms with Gasteiger partial charge in [0.25, 0.3) is 0 Å². The molecule has 0 spiro atoms. The van der Waals surface area contributed by atoms with Crippen LogP contribution < -0.4 is 4.74 Å². The lowest BCUT2D eigenvalue weighted by molar-refractivity contribution is -0.134. The summed E-state index contributed by atoms with van der Waals surface area (Å²) in [5.41, 5.74) is 1.25. The molecule has 0 saturated heterocycles. The largest absolute Gasteiger partial charge is 0.427 e. The minimum Gasteiger partial charge on any atom is -0.427 e. The first-order chi connectivity index (χ1) is 7.26. The molecule has 0 aliphatic carbocycles.